The second kappa shape index (κ2) is 5.96. The topological polar surface area (TPSA) is 54.7 Å². The smallest absolute Gasteiger partial charge is 0.318 e. The third-order valence-corrected chi connectivity index (χ3v) is 3.97. The number of ether oxygens (including phenoxy) is 1. The number of rotatable bonds is 2. The van der Waals surface area contributed by atoms with Gasteiger partial charge in [0.2, 0.25) is 0 Å². The number of aryl methyl sites for hydroxylation is 1. The predicted octanol–water partition coefficient (Wildman–Crippen LogP) is 2.98. The van der Waals surface area contributed by atoms with E-state index in [9.17, 15) is 9.18 Å². The quantitative estimate of drug-likeness (QED) is 0.928. The van der Waals surface area contributed by atoms with Gasteiger partial charge in [0.15, 0.2) is 0 Å². The lowest BCUT2D eigenvalue weighted by atomic mass is 10.1. The molecule has 1 aliphatic heterocycles. The first-order valence-corrected chi connectivity index (χ1v) is 7.38. The normalized spacial score (nSPS) is 16.8. The molecule has 1 aromatic heterocycles. The lowest BCUT2D eigenvalue weighted by Crippen LogP contribution is -2.46. The molecule has 1 atom stereocenters. The molecule has 5 nitrogen and oxygen atoms in total. The van der Waals surface area contributed by atoms with Crippen molar-refractivity contribution >= 4 is 17.0 Å². The number of nitrogens with zero attached hydrogens (tertiary/aromatic N) is 1. The van der Waals surface area contributed by atoms with E-state index >= 15 is 0 Å². The maximum Gasteiger partial charge on any atom is 0.318 e. The Kier molecular flexibility index (Phi) is 4.02. The van der Waals surface area contributed by atoms with Gasteiger partial charge in [-0.25, -0.2) is 9.18 Å². The van der Waals surface area contributed by atoms with Crippen LogP contribution in [0.5, 0.6) is 0 Å². The molecular weight excluding hydrogens is 287 g/mol. The van der Waals surface area contributed by atoms with Crippen LogP contribution in [-0.2, 0) is 4.74 Å². The van der Waals surface area contributed by atoms with Gasteiger partial charge < -0.3 is 19.4 Å². The number of carbonyl (C=O) groups excluding carboxylic acids is 1. The van der Waals surface area contributed by atoms with Crippen molar-refractivity contribution in [2.45, 2.75) is 19.9 Å². The minimum Gasteiger partial charge on any atom is -0.459 e. The molecule has 0 bridgehead atoms. The lowest BCUT2D eigenvalue weighted by Gasteiger charge is -2.28. The molecule has 2 aromatic rings. The highest BCUT2D eigenvalue weighted by molar-refractivity contribution is 5.82. The van der Waals surface area contributed by atoms with Gasteiger partial charge in [-0.3, -0.25) is 0 Å². The van der Waals surface area contributed by atoms with Crippen LogP contribution in [0.4, 0.5) is 9.18 Å². The molecule has 0 spiro atoms. The number of amides is 2. The maximum atomic E-state index is 13.4. The summed E-state index contributed by atoms with van der Waals surface area (Å²) in [6.07, 6.45) is 0. The highest BCUT2D eigenvalue weighted by atomic mass is 19.1. The van der Waals surface area contributed by atoms with Crippen LogP contribution in [0.3, 0.4) is 0 Å². The number of carbonyl (C=O) groups is 1. The predicted molar refractivity (Wildman–Crippen MR) is 80.2 cm³/mol. The Balaban J connectivity index is 1.78. The summed E-state index contributed by atoms with van der Waals surface area (Å²) in [5.41, 5.74) is 1.48. The molecule has 2 heterocycles. The number of fused-ring (bicyclic) bond motifs is 1. The van der Waals surface area contributed by atoms with Crippen molar-refractivity contribution in [1.82, 2.24) is 10.2 Å². The molecule has 118 valence electrons. The lowest BCUT2D eigenvalue weighted by molar-refractivity contribution is 0.0524. The van der Waals surface area contributed by atoms with Gasteiger partial charge in [0.25, 0.3) is 0 Å². The Bertz CT molecular complexity index is 692. The van der Waals surface area contributed by atoms with Gasteiger partial charge in [0.05, 0.1) is 19.3 Å². The first-order valence-electron chi connectivity index (χ1n) is 7.38. The monoisotopic (exact) mass is 306 g/mol. The summed E-state index contributed by atoms with van der Waals surface area (Å²) in [7, 11) is 0. The van der Waals surface area contributed by atoms with E-state index in [0.717, 1.165) is 10.9 Å². The van der Waals surface area contributed by atoms with Crippen molar-refractivity contribution in [3.05, 3.63) is 35.3 Å². The molecule has 1 N–H and O–H groups in total. The zero-order chi connectivity index (χ0) is 15.7. The van der Waals surface area contributed by atoms with E-state index in [4.69, 9.17) is 9.15 Å². The largest absolute Gasteiger partial charge is 0.459 e. The Morgan fingerprint density at radius 2 is 2.09 bits per heavy atom. The van der Waals surface area contributed by atoms with Crippen LogP contribution in [0.1, 0.15) is 24.3 Å². The SMILES string of the molecule is Cc1c(C(C)NC(=O)N2CCOCC2)oc2ccc(F)cc12. The van der Waals surface area contributed by atoms with Crippen molar-refractivity contribution in [2.75, 3.05) is 26.3 Å². The molecule has 1 saturated heterocycles. The number of halogens is 1. The highest BCUT2D eigenvalue weighted by Crippen LogP contribution is 2.30. The fourth-order valence-electron chi connectivity index (χ4n) is 2.73. The molecule has 1 aliphatic rings. The second-order valence-corrected chi connectivity index (χ2v) is 5.50. The van der Waals surface area contributed by atoms with Crippen molar-refractivity contribution in [3.63, 3.8) is 0 Å². The molecule has 1 fully saturated rings. The number of furan rings is 1. The van der Waals surface area contributed by atoms with Crippen LogP contribution in [-0.4, -0.2) is 37.2 Å². The Hall–Kier alpha value is -2.08. The van der Waals surface area contributed by atoms with Gasteiger partial charge in [-0.05, 0) is 32.0 Å². The maximum absolute atomic E-state index is 13.4. The summed E-state index contributed by atoms with van der Waals surface area (Å²) in [6.45, 7) is 6.03. The Labute approximate surface area is 128 Å². The molecule has 22 heavy (non-hydrogen) atoms. The third kappa shape index (κ3) is 2.78. The fourth-order valence-corrected chi connectivity index (χ4v) is 2.73. The minimum atomic E-state index is -0.298. The molecular formula is C16H19FN2O3. The number of hydrogen-bond acceptors (Lipinski definition) is 3. The van der Waals surface area contributed by atoms with Gasteiger partial charge in [-0.1, -0.05) is 0 Å². The van der Waals surface area contributed by atoms with E-state index in [1.807, 2.05) is 13.8 Å². The third-order valence-electron chi connectivity index (χ3n) is 3.97. The van der Waals surface area contributed by atoms with Crippen molar-refractivity contribution in [2.24, 2.45) is 0 Å². The molecule has 2 amide bonds. The zero-order valence-corrected chi connectivity index (χ0v) is 12.7. The first kappa shape index (κ1) is 14.8. The molecule has 1 unspecified atom stereocenters. The average Bonchev–Trinajstić information content (AvgIpc) is 2.85. The van der Waals surface area contributed by atoms with E-state index < -0.39 is 0 Å². The van der Waals surface area contributed by atoms with Crippen LogP contribution in [0.25, 0.3) is 11.0 Å². The molecule has 6 heteroatoms. The minimum absolute atomic E-state index is 0.137. The van der Waals surface area contributed by atoms with E-state index in [1.54, 1.807) is 11.0 Å². The van der Waals surface area contributed by atoms with E-state index in [2.05, 4.69) is 5.32 Å². The van der Waals surface area contributed by atoms with Crippen molar-refractivity contribution in [3.8, 4) is 0 Å². The summed E-state index contributed by atoms with van der Waals surface area (Å²) in [5.74, 6) is 0.357. The summed E-state index contributed by atoms with van der Waals surface area (Å²) in [4.78, 5) is 13.9. The number of nitrogens with one attached hydrogen (secondary N) is 1. The summed E-state index contributed by atoms with van der Waals surface area (Å²) in [6, 6.07) is 4.00. The molecule has 3 rings (SSSR count). The van der Waals surface area contributed by atoms with E-state index in [1.165, 1.54) is 12.1 Å². The van der Waals surface area contributed by atoms with Crippen LogP contribution in [0.2, 0.25) is 0 Å². The van der Waals surface area contributed by atoms with Gasteiger partial charge in [-0.15, -0.1) is 0 Å². The summed E-state index contributed by atoms with van der Waals surface area (Å²) in [5, 5.41) is 3.66. The van der Waals surface area contributed by atoms with Crippen molar-refractivity contribution < 1.29 is 18.3 Å². The number of morpholine rings is 1. The highest BCUT2D eigenvalue weighted by Gasteiger charge is 2.22. The zero-order valence-electron chi connectivity index (χ0n) is 12.7. The number of urea groups is 1. The standard InChI is InChI=1S/C16H19FN2O3/c1-10-13-9-12(17)3-4-14(13)22-15(10)11(2)18-16(20)19-5-7-21-8-6-19/h3-4,9,11H,5-8H2,1-2H3,(H,18,20). The molecule has 0 radical (unpaired) electrons. The van der Waals surface area contributed by atoms with E-state index in [0.29, 0.717) is 37.6 Å². The van der Waals surface area contributed by atoms with Crippen molar-refractivity contribution in [1.29, 1.82) is 0 Å². The Morgan fingerprint density at radius 3 is 2.82 bits per heavy atom. The molecule has 1 aromatic carbocycles. The van der Waals surface area contributed by atoms with Crippen LogP contribution in [0.15, 0.2) is 22.6 Å². The van der Waals surface area contributed by atoms with Crippen LogP contribution < -0.4 is 5.32 Å². The van der Waals surface area contributed by atoms with Gasteiger partial charge in [-0.2, -0.15) is 0 Å². The average molecular weight is 306 g/mol. The van der Waals surface area contributed by atoms with Crippen LogP contribution in [0, 0.1) is 12.7 Å². The second-order valence-electron chi connectivity index (χ2n) is 5.50. The van der Waals surface area contributed by atoms with Gasteiger partial charge >= 0.3 is 6.03 Å². The van der Waals surface area contributed by atoms with Gasteiger partial charge in [0.1, 0.15) is 17.2 Å². The van der Waals surface area contributed by atoms with Gasteiger partial charge in [0, 0.05) is 24.0 Å². The summed E-state index contributed by atoms with van der Waals surface area (Å²) < 4.78 is 24.4. The summed E-state index contributed by atoms with van der Waals surface area (Å²) >= 11 is 0. The first-order chi connectivity index (χ1) is 10.6. The molecule has 0 aliphatic carbocycles. The van der Waals surface area contributed by atoms with E-state index in [-0.39, 0.29) is 17.9 Å². The number of hydrogen-bond donors (Lipinski definition) is 1. The fraction of sp³-hybridized carbons (Fsp3) is 0.438. The molecule has 0 saturated carbocycles. The number of benzene rings is 1. The Morgan fingerprint density at radius 1 is 1.36 bits per heavy atom. The van der Waals surface area contributed by atoms with Crippen LogP contribution >= 0.6 is 0 Å².